The first-order valence-electron chi connectivity index (χ1n) is 9.58. The SMILES string of the molecule is CC(=O)N(C)C1CCN(C(=O)c2cnc(N[C@@H]3CCc4ncccc43)nc2)C1. The van der Waals surface area contributed by atoms with Crippen LogP contribution in [-0.2, 0) is 11.2 Å². The van der Waals surface area contributed by atoms with Crippen LogP contribution in [0.15, 0.2) is 30.7 Å². The van der Waals surface area contributed by atoms with Crippen molar-refractivity contribution in [2.24, 2.45) is 0 Å². The molecule has 2 aromatic heterocycles. The molecule has 0 aromatic carbocycles. The molecule has 0 spiro atoms. The van der Waals surface area contributed by atoms with Crippen LogP contribution in [0.3, 0.4) is 0 Å². The molecule has 1 fully saturated rings. The van der Waals surface area contributed by atoms with Gasteiger partial charge in [0.25, 0.3) is 5.91 Å². The largest absolute Gasteiger partial charge is 0.347 e. The topological polar surface area (TPSA) is 91.3 Å². The van der Waals surface area contributed by atoms with E-state index in [-0.39, 0.29) is 23.9 Å². The molecule has 1 aliphatic carbocycles. The lowest BCUT2D eigenvalue weighted by molar-refractivity contribution is -0.129. The summed E-state index contributed by atoms with van der Waals surface area (Å²) in [6.45, 7) is 2.72. The van der Waals surface area contributed by atoms with E-state index in [1.807, 2.05) is 12.3 Å². The first-order chi connectivity index (χ1) is 13.5. The standard InChI is InChI=1S/C20H24N6O2/c1-13(27)25(2)15-7-9-26(12-15)19(28)14-10-22-20(23-11-14)24-18-6-5-17-16(18)4-3-8-21-17/h3-4,8,10-11,15,18H,5-7,9,12H2,1-2H3,(H,22,23,24)/t15?,18-/m1/s1. The fourth-order valence-electron chi connectivity index (χ4n) is 3.91. The number of nitrogens with zero attached hydrogens (tertiary/aromatic N) is 5. The highest BCUT2D eigenvalue weighted by molar-refractivity contribution is 5.94. The predicted octanol–water partition coefficient (Wildman–Crippen LogP) is 1.66. The smallest absolute Gasteiger partial charge is 0.257 e. The van der Waals surface area contributed by atoms with Gasteiger partial charge in [0.15, 0.2) is 0 Å². The summed E-state index contributed by atoms with van der Waals surface area (Å²) in [6.07, 6.45) is 7.63. The zero-order chi connectivity index (χ0) is 19.7. The highest BCUT2D eigenvalue weighted by Gasteiger charge is 2.31. The van der Waals surface area contributed by atoms with Crippen molar-refractivity contribution in [1.82, 2.24) is 24.8 Å². The fourth-order valence-corrected chi connectivity index (χ4v) is 3.91. The zero-order valence-corrected chi connectivity index (χ0v) is 16.1. The molecular weight excluding hydrogens is 356 g/mol. The Labute approximate surface area is 164 Å². The average molecular weight is 380 g/mol. The third-order valence-corrected chi connectivity index (χ3v) is 5.67. The molecule has 2 aliphatic rings. The zero-order valence-electron chi connectivity index (χ0n) is 16.1. The number of amides is 2. The van der Waals surface area contributed by atoms with Crippen LogP contribution in [0, 0.1) is 0 Å². The fraction of sp³-hybridized carbons (Fsp3) is 0.450. The van der Waals surface area contributed by atoms with E-state index in [1.165, 1.54) is 5.56 Å². The third-order valence-electron chi connectivity index (χ3n) is 5.67. The van der Waals surface area contributed by atoms with Crippen LogP contribution < -0.4 is 5.32 Å². The maximum absolute atomic E-state index is 12.7. The maximum atomic E-state index is 12.7. The summed E-state index contributed by atoms with van der Waals surface area (Å²) in [5, 5.41) is 3.34. The van der Waals surface area contributed by atoms with E-state index in [1.54, 1.807) is 36.2 Å². The number of pyridine rings is 1. The van der Waals surface area contributed by atoms with Crippen LogP contribution in [0.2, 0.25) is 0 Å². The number of anilines is 1. The Balaban J connectivity index is 1.39. The minimum Gasteiger partial charge on any atom is -0.347 e. The first kappa shape index (κ1) is 18.3. The number of hydrogen-bond donors (Lipinski definition) is 1. The van der Waals surface area contributed by atoms with Crippen LogP contribution >= 0.6 is 0 Å². The molecule has 3 heterocycles. The number of likely N-dealkylation sites (N-methyl/N-ethyl adjacent to an activating group) is 1. The molecule has 2 aromatic rings. The van der Waals surface area contributed by atoms with Crippen molar-refractivity contribution >= 4 is 17.8 Å². The molecule has 1 unspecified atom stereocenters. The molecule has 1 saturated heterocycles. The summed E-state index contributed by atoms with van der Waals surface area (Å²) in [4.78, 5) is 40.8. The van der Waals surface area contributed by atoms with E-state index in [9.17, 15) is 9.59 Å². The van der Waals surface area contributed by atoms with E-state index >= 15 is 0 Å². The van der Waals surface area contributed by atoms with Crippen molar-refractivity contribution in [2.75, 3.05) is 25.5 Å². The van der Waals surface area contributed by atoms with Gasteiger partial charge in [-0.25, -0.2) is 9.97 Å². The summed E-state index contributed by atoms with van der Waals surface area (Å²) in [7, 11) is 1.78. The average Bonchev–Trinajstić information content (AvgIpc) is 3.35. The van der Waals surface area contributed by atoms with Gasteiger partial charge in [0.05, 0.1) is 17.6 Å². The number of aromatic nitrogens is 3. The molecule has 146 valence electrons. The third kappa shape index (κ3) is 3.54. The number of aryl methyl sites for hydroxylation is 1. The quantitative estimate of drug-likeness (QED) is 0.867. The summed E-state index contributed by atoms with van der Waals surface area (Å²) in [6, 6.07) is 4.23. The molecule has 0 bridgehead atoms. The molecule has 8 nitrogen and oxygen atoms in total. The number of carbonyl (C=O) groups is 2. The monoisotopic (exact) mass is 380 g/mol. The molecule has 1 aliphatic heterocycles. The van der Waals surface area contributed by atoms with Gasteiger partial charge in [-0.05, 0) is 30.9 Å². The number of nitrogens with one attached hydrogen (secondary N) is 1. The Bertz CT molecular complexity index is 885. The van der Waals surface area contributed by atoms with Gasteiger partial charge in [-0.15, -0.1) is 0 Å². The molecule has 8 heteroatoms. The molecule has 2 atom stereocenters. The second-order valence-electron chi connectivity index (χ2n) is 7.39. The van der Waals surface area contributed by atoms with Gasteiger partial charge in [-0.1, -0.05) is 6.07 Å². The molecule has 1 N–H and O–H groups in total. The minimum absolute atomic E-state index is 0.0155. The summed E-state index contributed by atoms with van der Waals surface area (Å²) < 4.78 is 0. The van der Waals surface area contributed by atoms with E-state index in [0.717, 1.165) is 25.0 Å². The lowest BCUT2D eigenvalue weighted by Gasteiger charge is -2.23. The maximum Gasteiger partial charge on any atom is 0.257 e. The second kappa shape index (κ2) is 7.53. The van der Waals surface area contributed by atoms with Crippen molar-refractivity contribution in [3.8, 4) is 0 Å². The second-order valence-corrected chi connectivity index (χ2v) is 7.39. The van der Waals surface area contributed by atoms with Crippen molar-refractivity contribution in [3.05, 3.63) is 47.5 Å². The van der Waals surface area contributed by atoms with Gasteiger partial charge in [0.1, 0.15) is 0 Å². The Hall–Kier alpha value is -3.03. The Morgan fingerprint density at radius 3 is 2.75 bits per heavy atom. The van der Waals surface area contributed by atoms with E-state index in [4.69, 9.17) is 0 Å². The molecule has 0 saturated carbocycles. The summed E-state index contributed by atoms with van der Waals surface area (Å²) >= 11 is 0. The van der Waals surface area contributed by atoms with Gasteiger partial charge in [0.2, 0.25) is 11.9 Å². The number of carbonyl (C=O) groups excluding carboxylic acids is 2. The normalized spacial score (nSPS) is 20.7. The highest BCUT2D eigenvalue weighted by atomic mass is 16.2. The summed E-state index contributed by atoms with van der Waals surface area (Å²) in [5.41, 5.74) is 2.76. The van der Waals surface area contributed by atoms with Crippen LogP contribution in [-0.4, -0.2) is 62.7 Å². The van der Waals surface area contributed by atoms with E-state index in [2.05, 4.69) is 26.3 Å². The Kier molecular flexibility index (Phi) is 4.93. The first-order valence-corrected chi connectivity index (χ1v) is 9.58. The molecule has 28 heavy (non-hydrogen) atoms. The lowest BCUT2D eigenvalue weighted by atomic mass is 10.1. The summed E-state index contributed by atoms with van der Waals surface area (Å²) in [5.74, 6) is 0.428. The molecule has 4 rings (SSSR count). The van der Waals surface area contributed by atoms with Crippen molar-refractivity contribution in [2.45, 2.75) is 38.3 Å². The van der Waals surface area contributed by atoms with Crippen molar-refractivity contribution < 1.29 is 9.59 Å². The van der Waals surface area contributed by atoms with E-state index < -0.39 is 0 Å². The van der Waals surface area contributed by atoms with Crippen LogP contribution in [0.4, 0.5) is 5.95 Å². The Morgan fingerprint density at radius 2 is 2.00 bits per heavy atom. The Morgan fingerprint density at radius 1 is 1.21 bits per heavy atom. The van der Waals surface area contributed by atoms with Crippen molar-refractivity contribution in [3.63, 3.8) is 0 Å². The number of likely N-dealkylation sites (tertiary alicyclic amines) is 1. The molecule has 2 amide bonds. The van der Waals surface area contributed by atoms with Gasteiger partial charge < -0.3 is 15.1 Å². The predicted molar refractivity (Wildman–Crippen MR) is 104 cm³/mol. The highest BCUT2D eigenvalue weighted by Crippen LogP contribution is 2.31. The van der Waals surface area contributed by atoms with Gasteiger partial charge in [-0.2, -0.15) is 0 Å². The van der Waals surface area contributed by atoms with Gasteiger partial charge >= 0.3 is 0 Å². The lowest BCUT2D eigenvalue weighted by Crippen LogP contribution is -2.39. The van der Waals surface area contributed by atoms with Gasteiger partial charge in [0, 0.05) is 51.3 Å². The van der Waals surface area contributed by atoms with Crippen LogP contribution in [0.1, 0.15) is 47.4 Å². The molecule has 0 radical (unpaired) electrons. The number of hydrogen-bond acceptors (Lipinski definition) is 6. The van der Waals surface area contributed by atoms with Crippen molar-refractivity contribution in [1.29, 1.82) is 0 Å². The van der Waals surface area contributed by atoms with Crippen LogP contribution in [0.5, 0.6) is 0 Å². The number of rotatable bonds is 4. The minimum atomic E-state index is -0.0959. The number of fused-ring (bicyclic) bond motifs is 1. The van der Waals surface area contributed by atoms with Crippen LogP contribution in [0.25, 0.3) is 0 Å². The molecular formula is C20H24N6O2. The van der Waals surface area contributed by atoms with Gasteiger partial charge in [-0.3, -0.25) is 14.6 Å². The van der Waals surface area contributed by atoms with E-state index in [0.29, 0.717) is 24.6 Å².